The summed E-state index contributed by atoms with van der Waals surface area (Å²) in [5.74, 6) is -0.0961. The molecule has 2 N–H and O–H groups in total. The molecule has 0 saturated heterocycles. The van der Waals surface area contributed by atoms with E-state index in [1.807, 2.05) is 43.4 Å². The number of benzene rings is 2. The smallest absolute Gasteiger partial charge is 0.257 e. The second-order valence-electron chi connectivity index (χ2n) is 5.05. The highest BCUT2D eigenvalue weighted by Gasteiger charge is 2.09. The average Bonchev–Trinajstić information content (AvgIpc) is 2.54. The summed E-state index contributed by atoms with van der Waals surface area (Å²) < 4.78 is 0. The zero-order chi connectivity index (χ0) is 15.1. The van der Waals surface area contributed by atoms with Crippen LogP contribution < -0.4 is 10.6 Å². The van der Waals surface area contributed by atoms with E-state index in [1.54, 1.807) is 0 Å². The van der Waals surface area contributed by atoms with E-state index in [1.165, 1.54) is 18.4 Å². The zero-order valence-electron chi connectivity index (χ0n) is 12.6. The fourth-order valence-corrected chi connectivity index (χ4v) is 2.23. The topological polar surface area (TPSA) is 41.1 Å². The van der Waals surface area contributed by atoms with Gasteiger partial charge in [0.15, 0.2) is 0 Å². The number of aryl methyl sites for hydroxylation is 1. The molecule has 0 spiro atoms. The van der Waals surface area contributed by atoms with Crippen LogP contribution in [-0.4, -0.2) is 13.0 Å². The molecule has 0 aliphatic rings. The van der Waals surface area contributed by atoms with Crippen LogP contribution >= 0.6 is 0 Å². The molecule has 0 fully saturated rings. The van der Waals surface area contributed by atoms with Crippen LogP contribution in [0.5, 0.6) is 0 Å². The van der Waals surface area contributed by atoms with Crippen LogP contribution in [0.2, 0.25) is 0 Å². The molecular weight excluding hydrogens is 260 g/mol. The second-order valence-corrected chi connectivity index (χ2v) is 5.05. The summed E-state index contributed by atoms with van der Waals surface area (Å²) in [6, 6.07) is 15.6. The molecule has 2 aromatic rings. The van der Waals surface area contributed by atoms with Crippen molar-refractivity contribution in [1.29, 1.82) is 0 Å². The molecular formula is C18H22N2O. The molecule has 2 aromatic carbocycles. The van der Waals surface area contributed by atoms with E-state index in [4.69, 9.17) is 0 Å². The summed E-state index contributed by atoms with van der Waals surface area (Å²) in [7, 11) is 1.81. The molecule has 0 atom stereocenters. The Morgan fingerprint density at radius 2 is 1.76 bits per heavy atom. The number of unbranched alkanes of at least 4 members (excludes halogenated alkanes) is 1. The first-order valence-electron chi connectivity index (χ1n) is 7.41. The molecule has 0 heterocycles. The number of rotatable bonds is 6. The predicted molar refractivity (Wildman–Crippen MR) is 89.0 cm³/mol. The fourth-order valence-electron chi connectivity index (χ4n) is 2.23. The van der Waals surface area contributed by atoms with Crippen LogP contribution in [0.3, 0.4) is 0 Å². The molecule has 1 amide bonds. The van der Waals surface area contributed by atoms with Gasteiger partial charge in [-0.2, -0.15) is 0 Å². The number of carbonyl (C=O) groups is 1. The fraction of sp³-hybridized carbons (Fsp3) is 0.278. The zero-order valence-corrected chi connectivity index (χ0v) is 12.6. The quantitative estimate of drug-likeness (QED) is 0.828. The third-order valence-electron chi connectivity index (χ3n) is 3.47. The Morgan fingerprint density at radius 1 is 1.05 bits per heavy atom. The summed E-state index contributed by atoms with van der Waals surface area (Å²) in [6.07, 6.45) is 3.48. The maximum Gasteiger partial charge on any atom is 0.257 e. The summed E-state index contributed by atoms with van der Waals surface area (Å²) in [4.78, 5) is 12.3. The van der Waals surface area contributed by atoms with E-state index in [-0.39, 0.29) is 5.91 Å². The van der Waals surface area contributed by atoms with Crippen LogP contribution in [0, 0.1) is 0 Å². The highest BCUT2D eigenvalue weighted by atomic mass is 16.1. The SMILES string of the molecule is CCCCc1ccc(NC(=O)c2ccccc2NC)cc1. The standard InChI is InChI=1S/C18H22N2O/c1-3-4-7-14-10-12-15(13-11-14)20-18(21)16-8-5-6-9-17(16)19-2/h5-6,8-13,19H,3-4,7H2,1-2H3,(H,20,21). The van der Waals surface area contributed by atoms with E-state index in [9.17, 15) is 4.79 Å². The van der Waals surface area contributed by atoms with E-state index in [0.717, 1.165) is 17.8 Å². The maximum absolute atomic E-state index is 12.3. The van der Waals surface area contributed by atoms with Crippen molar-refractivity contribution in [3.05, 3.63) is 59.7 Å². The van der Waals surface area contributed by atoms with Gasteiger partial charge in [0.05, 0.1) is 5.56 Å². The summed E-state index contributed by atoms with van der Waals surface area (Å²) in [5, 5.41) is 5.97. The highest BCUT2D eigenvalue weighted by Crippen LogP contribution is 2.17. The summed E-state index contributed by atoms with van der Waals surface area (Å²) in [6.45, 7) is 2.19. The third-order valence-corrected chi connectivity index (χ3v) is 3.47. The Labute approximate surface area is 126 Å². The Morgan fingerprint density at radius 3 is 2.43 bits per heavy atom. The van der Waals surface area contributed by atoms with Gasteiger partial charge < -0.3 is 10.6 Å². The number of hydrogen-bond acceptors (Lipinski definition) is 2. The van der Waals surface area contributed by atoms with E-state index in [0.29, 0.717) is 5.56 Å². The lowest BCUT2D eigenvalue weighted by Crippen LogP contribution is -2.13. The number of hydrogen-bond donors (Lipinski definition) is 2. The van der Waals surface area contributed by atoms with Crippen molar-refractivity contribution in [3.8, 4) is 0 Å². The first kappa shape index (κ1) is 15.1. The Balaban J connectivity index is 2.05. The van der Waals surface area contributed by atoms with Gasteiger partial charge in [-0.1, -0.05) is 37.6 Å². The highest BCUT2D eigenvalue weighted by molar-refractivity contribution is 6.08. The molecule has 0 unspecified atom stereocenters. The Hall–Kier alpha value is -2.29. The predicted octanol–water partition coefficient (Wildman–Crippen LogP) is 4.32. The molecule has 0 aliphatic heterocycles. The van der Waals surface area contributed by atoms with Crippen LogP contribution in [0.25, 0.3) is 0 Å². The van der Waals surface area contributed by atoms with Crippen molar-refractivity contribution in [2.24, 2.45) is 0 Å². The minimum absolute atomic E-state index is 0.0961. The molecule has 110 valence electrons. The van der Waals surface area contributed by atoms with Gasteiger partial charge in [0.1, 0.15) is 0 Å². The first-order chi connectivity index (χ1) is 10.2. The molecule has 0 saturated carbocycles. The third kappa shape index (κ3) is 4.09. The molecule has 3 heteroatoms. The van der Waals surface area contributed by atoms with Crippen molar-refractivity contribution < 1.29 is 4.79 Å². The molecule has 3 nitrogen and oxygen atoms in total. The van der Waals surface area contributed by atoms with Gasteiger partial charge in [0.2, 0.25) is 0 Å². The van der Waals surface area contributed by atoms with Gasteiger partial charge in [-0.05, 0) is 42.7 Å². The van der Waals surface area contributed by atoms with Crippen molar-refractivity contribution in [2.75, 3.05) is 17.7 Å². The van der Waals surface area contributed by atoms with Crippen LogP contribution in [0.1, 0.15) is 35.7 Å². The summed E-state index contributed by atoms with van der Waals surface area (Å²) in [5.41, 5.74) is 3.61. The lowest BCUT2D eigenvalue weighted by atomic mass is 10.1. The van der Waals surface area contributed by atoms with Gasteiger partial charge in [-0.25, -0.2) is 0 Å². The van der Waals surface area contributed by atoms with E-state index >= 15 is 0 Å². The molecule has 2 rings (SSSR count). The van der Waals surface area contributed by atoms with Gasteiger partial charge in [-0.3, -0.25) is 4.79 Å². The first-order valence-corrected chi connectivity index (χ1v) is 7.41. The largest absolute Gasteiger partial charge is 0.387 e. The molecule has 0 aromatic heterocycles. The van der Waals surface area contributed by atoms with E-state index in [2.05, 4.69) is 29.7 Å². The number of carbonyl (C=O) groups excluding carboxylic acids is 1. The van der Waals surface area contributed by atoms with Crippen LogP contribution in [0.15, 0.2) is 48.5 Å². The molecule has 21 heavy (non-hydrogen) atoms. The minimum Gasteiger partial charge on any atom is -0.387 e. The maximum atomic E-state index is 12.3. The monoisotopic (exact) mass is 282 g/mol. The molecule has 0 aliphatic carbocycles. The molecule has 0 radical (unpaired) electrons. The lowest BCUT2D eigenvalue weighted by Gasteiger charge is -2.10. The van der Waals surface area contributed by atoms with Gasteiger partial charge in [-0.15, -0.1) is 0 Å². The van der Waals surface area contributed by atoms with Crippen LogP contribution in [0.4, 0.5) is 11.4 Å². The Bertz CT molecular complexity index is 590. The van der Waals surface area contributed by atoms with Gasteiger partial charge >= 0.3 is 0 Å². The number of amides is 1. The number of anilines is 2. The second kappa shape index (κ2) is 7.48. The number of para-hydroxylation sites is 1. The Kier molecular flexibility index (Phi) is 5.38. The van der Waals surface area contributed by atoms with Crippen molar-refractivity contribution in [1.82, 2.24) is 0 Å². The molecule has 0 bridgehead atoms. The average molecular weight is 282 g/mol. The number of nitrogens with one attached hydrogen (secondary N) is 2. The van der Waals surface area contributed by atoms with Crippen molar-refractivity contribution in [3.63, 3.8) is 0 Å². The normalized spacial score (nSPS) is 10.2. The lowest BCUT2D eigenvalue weighted by molar-refractivity contribution is 0.102. The van der Waals surface area contributed by atoms with E-state index < -0.39 is 0 Å². The van der Waals surface area contributed by atoms with Crippen molar-refractivity contribution in [2.45, 2.75) is 26.2 Å². The van der Waals surface area contributed by atoms with Crippen molar-refractivity contribution >= 4 is 17.3 Å². The summed E-state index contributed by atoms with van der Waals surface area (Å²) >= 11 is 0. The van der Waals surface area contributed by atoms with Gasteiger partial charge in [0, 0.05) is 18.4 Å². The van der Waals surface area contributed by atoms with Crippen LogP contribution in [-0.2, 0) is 6.42 Å². The van der Waals surface area contributed by atoms with Gasteiger partial charge in [0.25, 0.3) is 5.91 Å². The minimum atomic E-state index is -0.0961.